The van der Waals surface area contributed by atoms with Gasteiger partial charge in [-0.1, -0.05) is 11.2 Å². The zero-order chi connectivity index (χ0) is 14.0. The lowest BCUT2D eigenvalue weighted by atomic mass is 10.0. The van der Waals surface area contributed by atoms with Crippen molar-refractivity contribution in [2.45, 2.75) is 19.4 Å². The Morgan fingerprint density at radius 2 is 2.37 bits per heavy atom. The smallest absolute Gasteiger partial charge is 0.304 e. The number of benzene rings is 1. The van der Waals surface area contributed by atoms with E-state index >= 15 is 0 Å². The van der Waals surface area contributed by atoms with E-state index in [9.17, 15) is 4.79 Å². The number of imidazole rings is 1. The summed E-state index contributed by atoms with van der Waals surface area (Å²) in [5.74, 6) is -0.139. The Labute approximate surface area is 109 Å². The Hall–Kier alpha value is -2.53. The monoisotopic (exact) mass is 259 g/mol. The summed E-state index contributed by atoms with van der Waals surface area (Å²) >= 11 is 0. The molecular weight excluding hydrogens is 246 g/mol. The highest BCUT2D eigenvalue weighted by Crippen LogP contribution is 2.25. The van der Waals surface area contributed by atoms with Crippen LogP contribution in [0.2, 0.25) is 0 Å². The van der Waals surface area contributed by atoms with Crippen LogP contribution in [0.1, 0.15) is 23.9 Å². The third-order valence-electron chi connectivity index (χ3n) is 3.07. The molecular formula is C12H13N5O2. The second kappa shape index (κ2) is 4.99. The van der Waals surface area contributed by atoms with Crippen molar-refractivity contribution in [3.63, 3.8) is 0 Å². The van der Waals surface area contributed by atoms with Crippen LogP contribution in [0.25, 0.3) is 21.5 Å². The Kier molecular flexibility index (Phi) is 3.39. The summed E-state index contributed by atoms with van der Waals surface area (Å²) in [6, 6.07) is 4.68. The van der Waals surface area contributed by atoms with Crippen LogP contribution in [0, 0.1) is 6.92 Å². The summed E-state index contributed by atoms with van der Waals surface area (Å²) in [6.45, 7) is 1.89. The number of hydrogen-bond acceptors (Lipinski definition) is 3. The van der Waals surface area contributed by atoms with Crippen LogP contribution >= 0.6 is 0 Å². The van der Waals surface area contributed by atoms with Gasteiger partial charge in [0.15, 0.2) is 0 Å². The topological polar surface area (TPSA) is 104 Å². The molecule has 2 aromatic rings. The number of aryl methyl sites for hydroxylation is 2. The molecule has 0 saturated heterocycles. The summed E-state index contributed by atoms with van der Waals surface area (Å²) < 4.78 is 1.94. The van der Waals surface area contributed by atoms with Crippen molar-refractivity contribution in [2.24, 2.45) is 12.2 Å². The van der Waals surface area contributed by atoms with Gasteiger partial charge in [-0.15, -0.1) is 0 Å². The van der Waals surface area contributed by atoms with Crippen molar-refractivity contribution in [1.82, 2.24) is 9.55 Å². The number of carboxylic acid groups (broad SMARTS) is 1. The number of fused-ring (bicyclic) bond motifs is 1. The summed E-state index contributed by atoms with van der Waals surface area (Å²) in [4.78, 5) is 17.9. The predicted octanol–water partition coefficient (Wildman–Crippen LogP) is 2.71. The highest BCUT2D eigenvalue weighted by atomic mass is 16.4. The summed E-state index contributed by atoms with van der Waals surface area (Å²) in [6.07, 6.45) is -0.235. The molecule has 1 aromatic carbocycles. The molecule has 0 aliphatic heterocycles. The number of nitrogens with zero attached hydrogens (tertiary/aromatic N) is 5. The minimum atomic E-state index is -1.00. The predicted molar refractivity (Wildman–Crippen MR) is 69.6 cm³/mol. The largest absolute Gasteiger partial charge is 0.481 e. The molecule has 0 spiro atoms. The molecule has 1 aromatic heterocycles. The fourth-order valence-corrected chi connectivity index (χ4v) is 2.00. The van der Waals surface area contributed by atoms with Crippen LogP contribution in [0.4, 0.5) is 0 Å². The fourth-order valence-electron chi connectivity index (χ4n) is 2.00. The Bertz CT molecular complexity index is 685. The van der Waals surface area contributed by atoms with Crippen LogP contribution in [0.5, 0.6) is 0 Å². The van der Waals surface area contributed by atoms with Crippen LogP contribution in [-0.4, -0.2) is 20.6 Å². The minimum Gasteiger partial charge on any atom is -0.481 e. The van der Waals surface area contributed by atoms with Gasteiger partial charge in [0, 0.05) is 12.0 Å². The van der Waals surface area contributed by atoms with Gasteiger partial charge < -0.3 is 9.67 Å². The van der Waals surface area contributed by atoms with Gasteiger partial charge in [-0.25, -0.2) is 4.98 Å². The Morgan fingerprint density at radius 1 is 1.63 bits per heavy atom. The lowest BCUT2D eigenvalue weighted by molar-refractivity contribution is -0.137. The molecule has 0 aliphatic carbocycles. The number of azide groups is 1. The molecule has 2 rings (SSSR count). The van der Waals surface area contributed by atoms with E-state index in [0.717, 1.165) is 16.9 Å². The number of carboxylic acids is 1. The Morgan fingerprint density at radius 3 is 3.00 bits per heavy atom. The number of aromatic nitrogens is 2. The Balaban J connectivity index is 2.48. The molecule has 0 radical (unpaired) electrons. The minimum absolute atomic E-state index is 0.235. The number of aliphatic carboxylic acids is 1. The summed E-state index contributed by atoms with van der Waals surface area (Å²) in [5, 5.41) is 12.4. The van der Waals surface area contributed by atoms with Gasteiger partial charge in [-0.2, -0.15) is 0 Å². The number of carbonyl (C=O) groups is 1. The third-order valence-corrected chi connectivity index (χ3v) is 3.07. The van der Waals surface area contributed by atoms with Gasteiger partial charge in [-0.3, -0.25) is 4.79 Å². The van der Waals surface area contributed by atoms with Crippen molar-refractivity contribution in [2.75, 3.05) is 0 Å². The summed E-state index contributed by atoms with van der Waals surface area (Å²) in [5.41, 5.74) is 10.9. The summed E-state index contributed by atoms with van der Waals surface area (Å²) in [7, 11) is 1.91. The van der Waals surface area contributed by atoms with Crippen molar-refractivity contribution >= 4 is 17.0 Å². The molecule has 1 N–H and O–H groups in total. The van der Waals surface area contributed by atoms with Gasteiger partial charge in [0.1, 0.15) is 5.82 Å². The first kappa shape index (κ1) is 12.9. The molecule has 0 fully saturated rings. The average Bonchev–Trinajstić information content (AvgIpc) is 2.63. The second-order valence-corrected chi connectivity index (χ2v) is 4.28. The van der Waals surface area contributed by atoms with E-state index in [-0.39, 0.29) is 6.42 Å². The zero-order valence-corrected chi connectivity index (χ0v) is 10.6. The maximum absolute atomic E-state index is 10.8. The van der Waals surface area contributed by atoms with E-state index < -0.39 is 12.0 Å². The van der Waals surface area contributed by atoms with E-state index in [1.54, 1.807) is 12.1 Å². The first-order valence-corrected chi connectivity index (χ1v) is 5.72. The van der Waals surface area contributed by atoms with Crippen molar-refractivity contribution in [3.8, 4) is 0 Å². The van der Waals surface area contributed by atoms with Crippen molar-refractivity contribution in [1.29, 1.82) is 0 Å². The molecule has 98 valence electrons. The van der Waals surface area contributed by atoms with Gasteiger partial charge in [0.2, 0.25) is 0 Å². The maximum atomic E-state index is 10.8. The molecule has 0 saturated carbocycles. The quantitative estimate of drug-likeness (QED) is 0.518. The van der Waals surface area contributed by atoms with E-state index in [1.807, 2.05) is 24.6 Å². The molecule has 0 bridgehead atoms. The number of rotatable bonds is 4. The van der Waals surface area contributed by atoms with Gasteiger partial charge in [-0.05, 0) is 30.2 Å². The maximum Gasteiger partial charge on any atom is 0.304 e. The van der Waals surface area contributed by atoms with Gasteiger partial charge >= 0.3 is 5.97 Å². The lowest BCUT2D eigenvalue weighted by Gasteiger charge is -2.08. The highest BCUT2D eigenvalue weighted by molar-refractivity contribution is 5.77. The van der Waals surface area contributed by atoms with E-state index in [4.69, 9.17) is 10.6 Å². The number of hydrogen-bond donors (Lipinski definition) is 1. The van der Waals surface area contributed by atoms with Crippen LogP contribution in [0.15, 0.2) is 23.3 Å². The van der Waals surface area contributed by atoms with Crippen LogP contribution in [0.3, 0.4) is 0 Å². The SMILES string of the molecule is Cc1nc2cc(C(CC(=O)O)N=[N+]=[N-])ccc2n1C. The second-order valence-electron chi connectivity index (χ2n) is 4.28. The third kappa shape index (κ3) is 2.51. The molecule has 0 amide bonds. The van der Waals surface area contributed by atoms with Gasteiger partial charge in [0.05, 0.1) is 23.5 Å². The first-order chi connectivity index (χ1) is 9.02. The van der Waals surface area contributed by atoms with E-state index in [0.29, 0.717) is 5.56 Å². The van der Waals surface area contributed by atoms with Crippen LogP contribution in [-0.2, 0) is 11.8 Å². The molecule has 0 aliphatic rings. The standard InChI is InChI=1S/C12H13N5O2/c1-7-14-10-5-8(3-4-11(10)17(7)2)9(15-16-13)6-12(18)19/h3-5,9H,6H2,1-2H3,(H,18,19). The first-order valence-electron chi connectivity index (χ1n) is 5.72. The molecule has 1 heterocycles. The molecule has 7 nitrogen and oxygen atoms in total. The van der Waals surface area contributed by atoms with E-state index in [2.05, 4.69) is 15.0 Å². The van der Waals surface area contributed by atoms with E-state index in [1.165, 1.54) is 0 Å². The van der Waals surface area contributed by atoms with Crippen molar-refractivity contribution in [3.05, 3.63) is 40.0 Å². The average molecular weight is 259 g/mol. The molecule has 1 atom stereocenters. The highest BCUT2D eigenvalue weighted by Gasteiger charge is 2.15. The molecule has 19 heavy (non-hydrogen) atoms. The van der Waals surface area contributed by atoms with Gasteiger partial charge in [0.25, 0.3) is 0 Å². The normalized spacial score (nSPS) is 12.1. The molecule has 7 heteroatoms. The van der Waals surface area contributed by atoms with Crippen LogP contribution < -0.4 is 0 Å². The lowest BCUT2D eigenvalue weighted by Crippen LogP contribution is -2.03. The zero-order valence-electron chi connectivity index (χ0n) is 10.6. The van der Waals surface area contributed by atoms with Crippen molar-refractivity contribution < 1.29 is 9.90 Å². The fraction of sp³-hybridized carbons (Fsp3) is 0.333. The molecule has 1 unspecified atom stereocenters.